The van der Waals surface area contributed by atoms with E-state index < -0.39 is 0 Å². The minimum absolute atomic E-state index is 0.0255. The molecule has 0 aromatic carbocycles. The smallest absolute Gasteiger partial charge is 0.180 e. The predicted octanol–water partition coefficient (Wildman–Crippen LogP) is 2.01. The van der Waals surface area contributed by atoms with Gasteiger partial charge in [-0.25, -0.2) is 0 Å². The number of rotatable bonds is 2. The number of aliphatic imine (C=N–C) groups is 1. The lowest BCUT2D eigenvalue weighted by atomic mass is 10.3. The first kappa shape index (κ1) is 9.37. The van der Waals surface area contributed by atoms with Gasteiger partial charge >= 0.3 is 0 Å². The molecule has 0 aliphatic carbocycles. The molecule has 0 saturated carbocycles. The molecule has 0 fully saturated rings. The van der Waals surface area contributed by atoms with Crippen LogP contribution in [0, 0.1) is 0 Å². The van der Waals surface area contributed by atoms with Gasteiger partial charge in [-0.2, -0.15) is 7.99 Å². The molecule has 0 aliphatic rings. The highest BCUT2D eigenvalue weighted by molar-refractivity contribution is 14.1. The summed E-state index contributed by atoms with van der Waals surface area (Å²) >= 11 is 1.95. The molecule has 1 aromatic heterocycles. The Bertz CT molecular complexity index is 329. The SMILES string of the molecule is C/C=N/c1cnn(I)c1C(C)=O. The van der Waals surface area contributed by atoms with Crippen molar-refractivity contribution in [2.75, 3.05) is 0 Å². The van der Waals surface area contributed by atoms with Crippen LogP contribution in [-0.2, 0) is 0 Å². The maximum absolute atomic E-state index is 11.1. The van der Waals surface area contributed by atoms with E-state index in [-0.39, 0.29) is 5.78 Å². The molecule has 0 saturated heterocycles. The minimum atomic E-state index is -0.0255. The quantitative estimate of drug-likeness (QED) is 0.471. The van der Waals surface area contributed by atoms with Crippen LogP contribution >= 0.6 is 22.9 Å². The summed E-state index contributed by atoms with van der Waals surface area (Å²) in [7, 11) is 0. The lowest BCUT2D eigenvalue weighted by Gasteiger charge is -1.94. The Kier molecular flexibility index (Phi) is 2.96. The summed E-state index contributed by atoms with van der Waals surface area (Å²) in [6.07, 6.45) is 3.21. The Labute approximate surface area is 84.2 Å². The zero-order valence-corrected chi connectivity index (χ0v) is 8.94. The van der Waals surface area contributed by atoms with Gasteiger partial charge in [0.2, 0.25) is 0 Å². The fourth-order valence-corrected chi connectivity index (χ4v) is 1.57. The number of halogens is 1. The highest BCUT2D eigenvalue weighted by atomic mass is 127. The molecule has 0 aliphatic heterocycles. The van der Waals surface area contributed by atoms with E-state index >= 15 is 0 Å². The van der Waals surface area contributed by atoms with Crippen molar-refractivity contribution in [3.63, 3.8) is 0 Å². The highest BCUT2D eigenvalue weighted by Gasteiger charge is 2.12. The van der Waals surface area contributed by atoms with Gasteiger partial charge in [0.1, 0.15) is 11.4 Å². The lowest BCUT2D eigenvalue weighted by Crippen LogP contribution is -1.97. The van der Waals surface area contributed by atoms with E-state index in [0.717, 1.165) is 0 Å². The van der Waals surface area contributed by atoms with Crippen LogP contribution in [-0.4, -0.2) is 20.0 Å². The van der Waals surface area contributed by atoms with Gasteiger partial charge in [0, 0.05) is 13.1 Å². The molecule has 1 aromatic rings. The van der Waals surface area contributed by atoms with E-state index in [2.05, 4.69) is 10.1 Å². The Morgan fingerprint density at radius 2 is 2.50 bits per heavy atom. The molecule has 1 heterocycles. The molecule has 0 atom stereocenters. The second kappa shape index (κ2) is 3.79. The zero-order valence-electron chi connectivity index (χ0n) is 6.78. The van der Waals surface area contributed by atoms with Crippen LogP contribution in [0.4, 0.5) is 5.69 Å². The van der Waals surface area contributed by atoms with Gasteiger partial charge in [0.15, 0.2) is 5.78 Å². The van der Waals surface area contributed by atoms with Gasteiger partial charge in [-0.15, -0.1) is 0 Å². The van der Waals surface area contributed by atoms with E-state index in [9.17, 15) is 4.79 Å². The molecular weight excluding hydrogens is 269 g/mol. The fraction of sp³-hybridized carbons (Fsp3) is 0.286. The number of carbonyl (C=O) groups excluding carboxylic acids is 1. The number of hydrogen-bond donors (Lipinski definition) is 0. The first-order valence-electron chi connectivity index (χ1n) is 3.40. The molecular formula is C7H8IN3O. The van der Waals surface area contributed by atoms with Crippen molar-refractivity contribution in [3.05, 3.63) is 11.9 Å². The van der Waals surface area contributed by atoms with Crippen LogP contribution < -0.4 is 0 Å². The van der Waals surface area contributed by atoms with Crippen molar-refractivity contribution in [1.82, 2.24) is 7.99 Å². The van der Waals surface area contributed by atoms with Crippen LogP contribution in [0.3, 0.4) is 0 Å². The largest absolute Gasteiger partial charge is 0.293 e. The summed E-state index contributed by atoms with van der Waals surface area (Å²) in [5.74, 6) is -0.0255. The molecule has 0 spiro atoms. The monoisotopic (exact) mass is 277 g/mol. The first-order valence-corrected chi connectivity index (χ1v) is 4.37. The van der Waals surface area contributed by atoms with E-state index in [1.807, 2.05) is 22.9 Å². The van der Waals surface area contributed by atoms with Gasteiger partial charge < -0.3 is 0 Å². The third-order valence-electron chi connectivity index (χ3n) is 1.31. The molecule has 0 bridgehead atoms. The van der Waals surface area contributed by atoms with E-state index in [1.54, 1.807) is 19.3 Å². The van der Waals surface area contributed by atoms with Crippen LogP contribution in [0.2, 0.25) is 0 Å². The first-order chi connectivity index (χ1) is 5.66. The van der Waals surface area contributed by atoms with Crippen molar-refractivity contribution in [2.24, 2.45) is 4.99 Å². The molecule has 0 N–H and O–H groups in total. The lowest BCUT2D eigenvalue weighted by molar-refractivity contribution is 0.101. The van der Waals surface area contributed by atoms with Crippen molar-refractivity contribution in [2.45, 2.75) is 13.8 Å². The van der Waals surface area contributed by atoms with E-state index in [0.29, 0.717) is 11.4 Å². The van der Waals surface area contributed by atoms with Gasteiger partial charge in [0.05, 0.1) is 29.1 Å². The maximum atomic E-state index is 11.1. The molecule has 0 amide bonds. The number of aromatic nitrogens is 2. The maximum Gasteiger partial charge on any atom is 0.180 e. The second-order valence-corrected chi connectivity index (χ2v) is 3.10. The van der Waals surface area contributed by atoms with Crippen LogP contribution in [0.5, 0.6) is 0 Å². The summed E-state index contributed by atoms with van der Waals surface area (Å²) in [4.78, 5) is 15.1. The van der Waals surface area contributed by atoms with E-state index in [4.69, 9.17) is 0 Å². The molecule has 1 rings (SSSR count). The zero-order chi connectivity index (χ0) is 9.14. The van der Waals surface area contributed by atoms with Crippen molar-refractivity contribution < 1.29 is 4.79 Å². The number of carbonyl (C=O) groups is 1. The Balaban J connectivity index is 3.21. The molecule has 12 heavy (non-hydrogen) atoms. The Morgan fingerprint density at radius 3 is 3.00 bits per heavy atom. The van der Waals surface area contributed by atoms with Crippen LogP contribution in [0.25, 0.3) is 0 Å². The topological polar surface area (TPSA) is 47.2 Å². The Morgan fingerprint density at radius 1 is 1.83 bits per heavy atom. The molecule has 64 valence electrons. The van der Waals surface area contributed by atoms with Crippen molar-refractivity contribution in [3.8, 4) is 0 Å². The summed E-state index contributed by atoms with van der Waals surface area (Å²) < 4.78 is 1.50. The van der Waals surface area contributed by atoms with Gasteiger partial charge in [-0.3, -0.25) is 9.79 Å². The van der Waals surface area contributed by atoms with Gasteiger partial charge in [-0.05, 0) is 6.92 Å². The van der Waals surface area contributed by atoms with Gasteiger partial charge in [0.25, 0.3) is 0 Å². The third kappa shape index (κ3) is 1.71. The third-order valence-corrected chi connectivity index (χ3v) is 2.04. The normalized spacial score (nSPS) is 10.9. The minimum Gasteiger partial charge on any atom is -0.293 e. The summed E-state index contributed by atoms with van der Waals surface area (Å²) in [5, 5.41) is 3.93. The van der Waals surface area contributed by atoms with Crippen molar-refractivity contribution >= 4 is 40.5 Å². The number of ketones is 1. The second-order valence-electron chi connectivity index (χ2n) is 2.18. The molecule has 4 nitrogen and oxygen atoms in total. The number of hydrogen-bond acceptors (Lipinski definition) is 3. The van der Waals surface area contributed by atoms with Crippen molar-refractivity contribution in [1.29, 1.82) is 0 Å². The summed E-state index contributed by atoms with van der Waals surface area (Å²) in [6.45, 7) is 3.30. The average Bonchev–Trinajstić information content (AvgIpc) is 2.32. The van der Waals surface area contributed by atoms with Gasteiger partial charge in [-0.1, -0.05) is 0 Å². The predicted molar refractivity (Wildman–Crippen MR) is 55.5 cm³/mol. The molecule has 5 heteroatoms. The average molecular weight is 277 g/mol. The molecule has 0 unspecified atom stereocenters. The number of Topliss-reactive ketones (excluding diaryl/α,β-unsaturated/α-hetero) is 1. The summed E-state index contributed by atoms with van der Waals surface area (Å²) in [6, 6.07) is 0. The standard InChI is InChI=1S/C7H8IN3O/c1-3-9-6-4-10-11(8)7(6)5(2)12/h3-4H,1-2H3/b9-3+. The van der Waals surface area contributed by atoms with E-state index in [1.165, 1.54) is 9.82 Å². The molecule has 0 radical (unpaired) electrons. The Hall–Kier alpha value is -0.720. The fourth-order valence-electron chi connectivity index (χ4n) is 0.863. The van der Waals surface area contributed by atoms with Crippen LogP contribution in [0.15, 0.2) is 11.2 Å². The highest BCUT2D eigenvalue weighted by Crippen LogP contribution is 2.20. The number of nitrogens with zero attached hydrogens (tertiary/aromatic N) is 3. The summed E-state index contributed by atoms with van der Waals surface area (Å²) in [5.41, 5.74) is 1.16. The van der Waals surface area contributed by atoms with Crippen LogP contribution in [0.1, 0.15) is 24.3 Å².